The first-order valence-electron chi connectivity index (χ1n) is 6.78. The molecule has 3 heteroatoms. The second-order valence-corrected chi connectivity index (χ2v) is 5.23. The molecule has 0 radical (unpaired) electrons. The molecule has 1 aliphatic rings. The molecule has 1 heterocycles. The Kier molecular flexibility index (Phi) is 4.61. The zero-order valence-electron chi connectivity index (χ0n) is 11.6. The average Bonchev–Trinajstić information content (AvgIpc) is 2.38. The van der Waals surface area contributed by atoms with E-state index < -0.39 is 0 Å². The topological polar surface area (TPSA) is 24.5 Å². The lowest BCUT2D eigenvalue weighted by Gasteiger charge is -2.32. The van der Waals surface area contributed by atoms with Gasteiger partial charge in [0.25, 0.3) is 0 Å². The summed E-state index contributed by atoms with van der Waals surface area (Å²) in [5.74, 6) is 0.974. The summed E-state index contributed by atoms with van der Waals surface area (Å²) in [6.07, 6.45) is 2.55. The highest BCUT2D eigenvalue weighted by Crippen LogP contribution is 2.25. The lowest BCUT2D eigenvalue weighted by molar-refractivity contribution is 0.218. The van der Waals surface area contributed by atoms with Crippen LogP contribution in [0.2, 0.25) is 0 Å². The maximum atomic E-state index is 5.43. The molecule has 0 aromatic heterocycles. The van der Waals surface area contributed by atoms with Crippen molar-refractivity contribution >= 4 is 0 Å². The number of nitrogens with zero attached hydrogens (tertiary/aromatic N) is 1. The molecule has 2 rings (SSSR count). The van der Waals surface area contributed by atoms with Crippen LogP contribution < -0.4 is 10.1 Å². The number of hydrogen-bond acceptors (Lipinski definition) is 3. The fourth-order valence-corrected chi connectivity index (χ4v) is 2.77. The number of rotatable bonds is 4. The SMILES string of the molecule is COc1ccccc1[C@H](C)NC1CCCN(C)C1. The highest BCUT2D eigenvalue weighted by atomic mass is 16.5. The standard InChI is InChI=1S/C15H24N2O/c1-12(14-8-4-5-9-15(14)18-3)16-13-7-6-10-17(2)11-13/h4-5,8-9,12-13,16H,6-7,10-11H2,1-3H3/t12-,13?/m0/s1. The third-order valence-corrected chi connectivity index (χ3v) is 3.72. The van der Waals surface area contributed by atoms with Crippen molar-refractivity contribution in [3.63, 3.8) is 0 Å². The van der Waals surface area contributed by atoms with E-state index in [4.69, 9.17) is 4.74 Å². The Morgan fingerprint density at radius 1 is 1.39 bits per heavy atom. The minimum Gasteiger partial charge on any atom is -0.496 e. The van der Waals surface area contributed by atoms with Gasteiger partial charge in [0.1, 0.15) is 5.75 Å². The fourth-order valence-electron chi connectivity index (χ4n) is 2.77. The third kappa shape index (κ3) is 3.24. The van der Waals surface area contributed by atoms with E-state index in [9.17, 15) is 0 Å². The van der Waals surface area contributed by atoms with Crippen molar-refractivity contribution in [2.24, 2.45) is 0 Å². The van der Waals surface area contributed by atoms with E-state index in [1.807, 2.05) is 12.1 Å². The summed E-state index contributed by atoms with van der Waals surface area (Å²) in [7, 11) is 3.93. The smallest absolute Gasteiger partial charge is 0.123 e. The second-order valence-electron chi connectivity index (χ2n) is 5.23. The molecule has 0 saturated carbocycles. The number of hydrogen-bond donors (Lipinski definition) is 1. The number of likely N-dealkylation sites (tertiary alicyclic amines) is 1. The van der Waals surface area contributed by atoms with Gasteiger partial charge in [0.2, 0.25) is 0 Å². The number of nitrogens with one attached hydrogen (secondary N) is 1. The molecular weight excluding hydrogens is 224 g/mol. The summed E-state index contributed by atoms with van der Waals surface area (Å²) in [6, 6.07) is 9.18. The third-order valence-electron chi connectivity index (χ3n) is 3.72. The van der Waals surface area contributed by atoms with E-state index in [1.54, 1.807) is 7.11 Å². The summed E-state index contributed by atoms with van der Waals surface area (Å²) in [4.78, 5) is 2.40. The molecule has 1 aromatic rings. The first-order chi connectivity index (χ1) is 8.70. The Balaban J connectivity index is 2.00. The van der Waals surface area contributed by atoms with Crippen molar-refractivity contribution in [1.29, 1.82) is 0 Å². The van der Waals surface area contributed by atoms with Crippen molar-refractivity contribution in [3.05, 3.63) is 29.8 Å². The number of likely N-dealkylation sites (N-methyl/N-ethyl adjacent to an activating group) is 1. The minimum absolute atomic E-state index is 0.331. The summed E-state index contributed by atoms with van der Waals surface area (Å²) < 4.78 is 5.43. The highest BCUT2D eigenvalue weighted by Gasteiger charge is 2.20. The Hall–Kier alpha value is -1.06. The predicted molar refractivity (Wildman–Crippen MR) is 75.1 cm³/mol. The molecule has 100 valence electrons. The van der Waals surface area contributed by atoms with Gasteiger partial charge in [0.05, 0.1) is 7.11 Å². The number of piperidine rings is 1. The lowest BCUT2D eigenvalue weighted by Crippen LogP contribution is -2.44. The zero-order valence-corrected chi connectivity index (χ0v) is 11.6. The maximum Gasteiger partial charge on any atom is 0.123 e. The molecule has 0 bridgehead atoms. The molecular formula is C15H24N2O. The van der Waals surface area contributed by atoms with Gasteiger partial charge in [-0.2, -0.15) is 0 Å². The Bertz CT molecular complexity index is 381. The van der Waals surface area contributed by atoms with Gasteiger partial charge >= 0.3 is 0 Å². The van der Waals surface area contributed by atoms with Crippen LogP contribution in [-0.4, -0.2) is 38.2 Å². The van der Waals surface area contributed by atoms with Gasteiger partial charge in [0.15, 0.2) is 0 Å². The van der Waals surface area contributed by atoms with Gasteiger partial charge in [-0.1, -0.05) is 18.2 Å². The van der Waals surface area contributed by atoms with Gasteiger partial charge in [0, 0.05) is 24.2 Å². The molecule has 1 unspecified atom stereocenters. The van der Waals surface area contributed by atoms with Crippen molar-refractivity contribution in [2.45, 2.75) is 31.8 Å². The second kappa shape index (κ2) is 6.21. The van der Waals surface area contributed by atoms with Crippen LogP contribution in [0.5, 0.6) is 5.75 Å². The first-order valence-corrected chi connectivity index (χ1v) is 6.78. The zero-order chi connectivity index (χ0) is 13.0. The van der Waals surface area contributed by atoms with Crippen LogP contribution >= 0.6 is 0 Å². The van der Waals surface area contributed by atoms with Crippen molar-refractivity contribution in [3.8, 4) is 5.75 Å². The van der Waals surface area contributed by atoms with Crippen LogP contribution in [0.15, 0.2) is 24.3 Å². The van der Waals surface area contributed by atoms with Gasteiger partial charge in [-0.3, -0.25) is 0 Å². The van der Waals surface area contributed by atoms with Crippen molar-refractivity contribution in [1.82, 2.24) is 10.2 Å². The van der Waals surface area contributed by atoms with E-state index in [2.05, 4.69) is 36.3 Å². The predicted octanol–water partition coefficient (Wildman–Crippen LogP) is 2.44. The molecule has 3 nitrogen and oxygen atoms in total. The van der Waals surface area contributed by atoms with Gasteiger partial charge in [-0.15, -0.1) is 0 Å². The average molecular weight is 248 g/mol. The number of para-hydroxylation sites is 1. The molecule has 18 heavy (non-hydrogen) atoms. The quantitative estimate of drug-likeness (QED) is 0.885. The summed E-state index contributed by atoms with van der Waals surface area (Å²) >= 11 is 0. The largest absolute Gasteiger partial charge is 0.496 e. The Labute approximate surface area is 110 Å². The molecule has 2 atom stereocenters. The van der Waals surface area contributed by atoms with Gasteiger partial charge < -0.3 is 15.0 Å². The lowest BCUT2D eigenvalue weighted by atomic mass is 10.0. The van der Waals surface area contributed by atoms with E-state index in [0.717, 1.165) is 12.3 Å². The first kappa shape index (κ1) is 13.4. The molecule has 0 aliphatic carbocycles. The van der Waals surface area contributed by atoms with Crippen molar-refractivity contribution < 1.29 is 4.74 Å². The fraction of sp³-hybridized carbons (Fsp3) is 0.600. The normalized spacial score (nSPS) is 22.7. The molecule has 1 saturated heterocycles. The molecule has 1 fully saturated rings. The monoisotopic (exact) mass is 248 g/mol. The van der Waals surface area contributed by atoms with E-state index in [1.165, 1.54) is 24.9 Å². The number of ether oxygens (including phenoxy) is 1. The molecule has 1 aromatic carbocycles. The molecule has 1 N–H and O–H groups in total. The maximum absolute atomic E-state index is 5.43. The number of benzene rings is 1. The Morgan fingerprint density at radius 3 is 2.89 bits per heavy atom. The summed E-state index contributed by atoms with van der Waals surface area (Å²) in [5.41, 5.74) is 1.24. The van der Waals surface area contributed by atoms with E-state index >= 15 is 0 Å². The van der Waals surface area contributed by atoms with E-state index in [0.29, 0.717) is 12.1 Å². The molecule has 1 aliphatic heterocycles. The van der Waals surface area contributed by atoms with Crippen LogP contribution in [0.25, 0.3) is 0 Å². The molecule has 0 spiro atoms. The minimum atomic E-state index is 0.331. The van der Waals surface area contributed by atoms with Crippen LogP contribution in [0.1, 0.15) is 31.4 Å². The van der Waals surface area contributed by atoms with E-state index in [-0.39, 0.29) is 0 Å². The molecule has 0 amide bonds. The number of methoxy groups -OCH3 is 1. The highest BCUT2D eigenvalue weighted by molar-refractivity contribution is 5.35. The van der Waals surface area contributed by atoms with Gasteiger partial charge in [-0.05, 0) is 39.4 Å². The van der Waals surface area contributed by atoms with Crippen molar-refractivity contribution in [2.75, 3.05) is 27.2 Å². The van der Waals surface area contributed by atoms with Crippen LogP contribution in [-0.2, 0) is 0 Å². The Morgan fingerprint density at radius 2 is 2.17 bits per heavy atom. The van der Waals surface area contributed by atoms with Gasteiger partial charge in [-0.25, -0.2) is 0 Å². The summed E-state index contributed by atoms with van der Waals surface area (Å²) in [6.45, 7) is 4.58. The summed E-state index contributed by atoms with van der Waals surface area (Å²) in [5, 5.41) is 3.72. The van der Waals surface area contributed by atoms with Crippen LogP contribution in [0.4, 0.5) is 0 Å². The van der Waals surface area contributed by atoms with Crippen LogP contribution in [0.3, 0.4) is 0 Å². The van der Waals surface area contributed by atoms with Crippen LogP contribution in [0, 0.1) is 0 Å².